The molecule has 0 saturated heterocycles. The molecule has 7 nitrogen and oxygen atoms in total. The highest BCUT2D eigenvalue weighted by Crippen LogP contribution is 2.28. The van der Waals surface area contributed by atoms with Crippen molar-refractivity contribution in [2.24, 2.45) is 7.05 Å². The molecule has 2 rings (SSSR count). The van der Waals surface area contributed by atoms with Gasteiger partial charge in [0.25, 0.3) is 10.0 Å². The molecule has 0 aliphatic carbocycles. The second kappa shape index (κ2) is 5.04. The smallest absolute Gasteiger partial charge is 0.267 e. The normalized spacial score (nSPS) is 11.3. The number of anilines is 2. The van der Waals surface area contributed by atoms with E-state index in [1.807, 2.05) is 6.92 Å². The van der Waals surface area contributed by atoms with Gasteiger partial charge in [-0.05, 0) is 24.6 Å². The number of benzene rings is 1. The molecule has 0 unspecified atom stereocenters. The average molecular weight is 296 g/mol. The number of nitrogens with two attached hydrogens (primary N) is 1. The van der Waals surface area contributed by atoms with Crippen LogP contribution in [0.5, 0.6) is 5.75 Å². The zero-order chi connectivity index (χ0) is 14.9. The maximum absolute atomic E-state index is 12.3. The van der Waals surface area contributed by atoms with Crippen LogP contribution in [0.4, 0.5) is 11.5 Å². The van der Waals surface area contributed by atoms with Crippen molar-refractivity contribution in [1.29, 1.82) is 0 Å². The minimum Gasteiger partial charge on any atom is -0.495 e. The molecule has 0 radical (unpaired) electrons. The minimum absolute atomic E-state index is 0.0499. The quantitative estimate of drug-likeness (QED) is 0.880. The Bertz CT molecular complexity index is 737. The Kier molecular flexibility index (Phi) is 3.58. The van der Waals surface area contributed by atoms with Gasteiger partial charge in [-0.1, -0.05) is 6.07 Å². The van der Waals surface area contributed by atoms with Crippen LogP contribution >= 0.6 is 0 Å². The number of hydrogen-bond donors (Lipinski definition) is 2. The molecule has 0 spiro atoms. The largest absolute Gasteiger partial charge is 0.495 e. The van der Waals surface area contributed by atoms with Crippen LogP contribution in [0.3, 0.4) is 0 Å². The van der Waals surface area contributed by atoms with Crippen LogP contribution in [0.1, 0.15) is 5.56 Å². The fourth-order valence-electron chi connectivity index (χ4n) is 1.77. The van der Waals surface area contributed by atoms with E-state index in [4.69, 9.17) is 10.5 Å². The zero-order valence-electron chi connectivity index (χ0n) is 11.4. The van der Waals surface area contributed by atoms with Gasteiger partial charge in [-0.15, -0.1) is 0 Å². The molecule has 8 heteroatoms. The highest BCUT2D eigenvalue weighted by molar-refractivity contribution is 7.92. The van der Waals surface area contributed by atoms with E-state index in [9.17, 15) is 8.42 Å². The monoisotopic (exact) mass is 296 g/mol. The molecule has 1 aromatic carbocycles. The first-order valence-electron chi connectivity index (χ1n) is 5.80. The first-order valence-corrected chi connectivity index (χ1v) is 7.28. The third-order valence-electron chi connectivity index (χ3n) is 2.71. The molecule has 20 heavy (non-hydrogen) atoms. The van der Waals surface area contributed by atoms with Gasteiger partial charge in [0.2, 0.25) is 0 Å². The second-order valence-corrected chi connectivity index (χ2v) is 6.01. The lowest BCUT2D eigenvalue weighted by molar-refractivity contribution is 0.416. The van der Waals surface area contributed by atoms with E-state index in [1.54, 1.807) is 25.2 Å². The van der Waals surface area contributed by atoms with E-state index < -0.39 is 10.0 Å². The van der Waals surface area contributed by atoms with Crippen molar-refractivity contribution in [1.82, 2.24) is 9.78 Å². The number of sulfonamides is 1. The van der Waals surface area contributed by atoms with Crippen molar-refractivity contribution < 1.29 is 13.2 Å². The maximum Gasteiger partial charge on any atom is 0.267 e. The first kappa shape index (κ1) is 14.2. The number of hydrogen-bond acceptors (Lipinski definition) is 5. The summed E-state index contributed by atoms with van der Waals surface area (Å²) in [5.74, 6) is 0.391. The van der Waals surface area contributed by atoms with Gasteiger partial charge < -0.3 is 10.5 Å². The van der Waals surface area contributed by atoms with Gasteiger partial charge in [0.05, 0.1) is 12.8 Å². The summed E-state index contributed by atoms with van der Waals surface area (Å²) in [4.78, 5) is -0.0670. The molecule has 108 valence electrons. The highest BCUT2D eigenvalue weighted by atomic mass is 32.2. The topological polar surface area (TPSA) is 99.2 Å². The van der Waals surface area contributed by atoms with Gasteiger partial charge in [0, 0.05) is 13.2 Å². The van der Waals surface area contributed by atoms with E-state index in [2.05, 4.69) is 9.82 Å². The van der Waals surface area contributed by atoms with Crippen LogP contribution in [0.2, 0.25) is 0 Å². The van der Waals surface area contributed by atoms with E-state index in [0.29, 0.717) is 11.4 Å². The van der Waals surface area contributed by atoms with Gasteiger partial charge in [0.1, 0.15) is 10.6 Å². The number of aromatic nitrogens is 2. The Morgan fingerprint density at radius 2 is 2.10 bits per heavy atom. The standard InChI is InChI=1S/C12H16N4O3S/c1-8-4-5-9(10(6-8)19-3)15-20(17,18)11-7-16(2)14-12(11)13/h4-7,15H,1-3H3,(H2,13,14). The number of aryl methyl sites for hydroxylation is 2. The fourth-order valence-corrected chi connectivity index (χ4v) is 2.95. The van der Waals surface area contributed by atoms with Crippen molar-refractivity contribution in [3.63, 3.8) is 0 Å². The van der Waals surface area contributed by atoms with Crippen molar-refractivity contribution in [2.75, 3.05) is 17.6 Å². The van der Waals surface area contributed by atoms with Crippen LogP contribution in [0, 0.1) is 6.92 Å². The van der Waals surface area contributed by atoms with Crippen LogP contribution in [0.25, 0.3) is 0 Å². The summed E-state index contributed by atoms with van der Waals surface area (Å²) in [6, 6.07) is 5.16. The van der Waals surface area contributed by atoms with Crippen molar-refractivity contribution in [2.45, 2.75) is 11.8 Å². The van der Waals surface area contributed by atoms with Gasteiger partial charge in [-0.25, -0.2) is 8.42 Å². The lowest BCUT2D eigenvalue weighted by Gasteiger charge is -2.11. The summed E-state index contributed by atoms with van der Waals surface area (Å²) in [7, 11) is -0.731. The first-order chi connectivity index (χ1) is 9.33. The highest BCUT2D eigenvalue weighted by Gasteiger charge is 2.22. The lowest BCUT2D eigenvalue weighted by Crippen LogP contribution is -2.14. The molecule has 1 aromatic heterocycles. The molecular weight excluding hydrogens is 280 g/mol. The average Bonchev–Trinajstić information content (AvgIpc) is 2.71. The Labute approximate surface area is 117 Å². The van der Waals surface area contributed by atoms with Crippen molar-refractivity contribution in [3.8, 4) is 5.75 Å². The van der Waals surface area contributed by atoms with Crippen molar-refractivity contribution in [3.05, 3.63) is 30.0 Å². The molecular formula is C12H16N4O3S. The zero-order valence-corrected chi connectivity index (χ0v) is 12.2. The van der Waals surface area contributed by atoms with E-state index in [0.717, 1.165) is 5.56 Å². The molecule has 0 fully saturated rings. The Morgan fingerprint density at radius 3 is 2.65 bits per heavy atom. The van der Waals surface area contributed by atoms with Gasteiger partial charge in [0.15, 0.2) is 5.82 Å². The summed E-state index contributed by atoms with van der Waals surface area (Å²) >= 11 is 0. The van der Waals surface area contributed by atoms with Crippen LogP contribution in [-0.2, 0) is 17.1 Å². The summed E-state index contributed by atoms with van der Waals surface area (Å²) in [6.07, 6.45) is 1.35. The lowest BCUT2D eigenvalue weighted by atomic mass is 10.2. The Balaban J connectivity index is 2.41. The number of ether oxygens (including phenoxy) is 1. The van der Waals surface area contributed by atoms with Crippen LogP contribution in [-0.4, -0.2) is 25.3 Å². The third kappa shape index (κ3) is 2.69. The Hall–Kier alpha value is -2.22. The van der Waals surface area contributed by atoms with Gasteiger partial charge in [-0.2, -0.15) is 5.10 Å². The molecule has 2 aromatic rings. The number of nitrogens with one attached hydrogen (secondary N) is 1. The molecule has 0 amide bonds. The van der Waals surface area contributed by atoms with Crippen molar-refractivity contribution >= 4 is 21.5 Å². The van der Waals surface area contributed by atoms with Gasteiger partial charge >= 0.3 is 0 Å². The summed E-state index contributed by atoms with van der Waals surface area (Å²) < 4.78 is 33.5. The van der Waals surface area contributed by atoms with E-state index in [-0.39, 0.29) is 10.7 Å². The molecule has 0 bridgehead atoms. The summed E-state index contributed by atoms with van der Waals surface area (Å²) in [5, 5.41) is 3.82. The third-order valence-corrected chi connectivity index (χ3v) is 4.10. The number of methoxy groups -OCH3 is 1. The summed E-state index contributed by atoms with van der Waals surface area (Å²) in [5.41, 5.74) is 6.91. The van der Waals surface area contributed by atoms with Crippen LogP contribution < -0.4 is 15.2 Å². The Morgan fingerprint density at radius 1 is 1.40 bits per heavy atom. The number of rotatable bonds is 4. The van der Waals surface area contributed by atoms with E-state index >= 15 is 0 Å². The molecule has 0 aliphatic heterocycles. The second-order valence-electron chi connectivity index (χ2n) is 4.36. The maximum atomic E-state index is 12.3. The van der Waals surface area contributed by atoms with E-state index in [1.165, 1.54) is 18.0 Å². The fraction of sp³-hybridized carbons (Fsp3) is 0.250. The predicted octanol–water partition coefficient (Wildman–Crippen LogP) is 1.12. The molecule has 0 atom stereocenters. The predicted molar refractivity (Wildman–Crippen MR) is 76.2 cm³/mol. The molecule has 0 saturated carbocycles. The number of nitrogens with zero attached hydrogens (tertiary/aromatic N) is 2. The molecule has 0 aliphatic rings. The summed E-state index contributed by atoms with van der Waals surface area (Å²) in [6.45, 7) is 1.89. The minimum atomic E-state index is -3.81. The SMILES string of the molecule is COc1cc(C)ccc1NS(=O)(=O)c1cn(C)nc1N. The molecule has 3 N–H and O–H groups in total. The molecule has 1 heterocycles. The van der Waals surface area contributed by atoms with Crippen LogP contribution in [0.15, 0.2) is 29.3 Å². The number of nitrogen functional groups attached to an aromatic ring is 1. The van der Waals surface area contributed by atoms with Gasteiger partial charge in [-0.3, -0.25) is 9.40 Å².